The van der Waals surface area contributed by atoms with Crippen molar-refractivity contribution in [3.05, 3.63) is 56.9 Å². The number of nitrogens with zero attached hydrogens (tertiary/aromatic N) is 3. The number of aromatic nitrogens is 1. The first-order valence-electron chi connectivity index (χ1n) is 8.78. The van der Waals surface area contributed by atoms with E-state index in [1.807, 2.05) is 4.57 Å². The standard InChI is InChI=1S/C19H17N3O6S/c1-26-7-6-21-14-4-3-13(22(24)25)10-17(14)29-19(21)20-18(23)9-12-2-5-15-16(8-12)28-11-27-15/h2-5,8,10H,6-7,9,11H2,1H3. The molecule has 0 radical (unpaired) electrons. The molecule has 0 N–H and O–H groups in total. The Bertz CT molecular complexity index is 1170. The second-order valence-electron chi connectivity index (χ2n) is 6.31. The number of methoxy groups -OCH3 is 1. The van der Waals surface area contributed by atoms with Crippen LogP contribution < -0.4 is 14.3 Å². The summed E-state index contributed by atoms with van der Waals surface area (Å²) in [5.41, 5.74) is 1.53. The Morgan fingerprint density at radius 3 is 2.90 bits per heavy atom. The average molecular weight is 415 g/mol. The van der Waals surface area contributed by atoms with Gasteiger partial charge in [-0.3, -0.25) is 14.9 Å². The summed E-state index contributed by atoms with van der Waals surface area (Å²) < 4.78 is 18.3. The van der Waals surface area contributed by atoms with Gasteiger partial charge in [-0.25, -0.2) is 0 Å². The van der Waals surface area contributed by atoms with Crippen molar-refractivity contribution >= 4 is 33.1 Å². The highest BCUT2D eigenvalue weighted by atomic mass is 32.1. The van der Waals surface area contributed by atoms with Gasteiger partial charge >= 0.3 is 0 Å². The molecule has 0 fully saturated rings. The zero-order valence-corrected chi connectivity index (χ0v) is 16.3. The Balaban J connectivity index is 1.67. The molecule has 1 amide bonds. The molecular formula is C19H17N3O6S. The number of nitro benzene ring substituents is 1. The molecule has 0 atom stereocenters. The number of nitro groups is 1. The number of benzene rings is 2. The summed E-state index contributed by atoms with van der Waals surface area (Å²) in [6.07, 6.45) is 0.106. The van der Waals surface area contributed by atoms with Crippen LogP contribution >= 0.6 is 11.3 Å². The molecule has 1 aromatic heterocycles. The lowest BCUT2D eigenvalue weighted by Crippen LogP contribution is -2.19. The normalized spacial score (nSPS) is 13.2. The minimum atomic E-state index is -0.444. The van der Waals surface area contributed by atoms with Crippen molar-refractivity contribution in [2.24, 2.45) is 4.99 Å². The second-order valence-corrected chi connectivity index (χ2v) is 7.32. The van der Waals surface area contributed by atoms with Crippen LogP contribution in [0.5, 0.6) is 11.5 Å². The van der Waals surface area contributed by atoms with Gasteiger partial charge in [0.1, 0.15) is 0 Å². The number of hydrogen-bond acceptors (Lipinski definition) is 7. The molecule has 1 aliphatic rings. The van der Waals surface area contributed by atoms with Crippen LogP contribution in [0.25, 0.3) is 10.2 Å². The Labute approximate surface area is 168 Å². The highest BCUT2D eigenvalue weighted by Crippen LogP contribution is 2.32. The fourth-order valence-corrected chi connectivity index (χ4v) is 4.14. The first-order chi connectivity index (χ1) is 14.0. The summed E-state index contributed by atoms with van der Waals surface area (Å²) in [5.74, 6) is 0.942. The molecule has 3 aromatic rings. The first-order valence-corrected chi connectivity index (χ1v) is 9.59. The van der Waals surface area contributed by atoms with Crippen LogP contribution in [0.4, 0.5) is 5.69 Å². The van der Waals surface area contributed by atoms with Gasteiger partial charge < -0.3 is 18.8 Å². The van der Waals surface area contributed by atoms with Crippen LogP contribution in [-0.2, 0) is 22.5 Å². The summed E-state index contributed by atoms with van der Waals surface area (Å²) in [6.45, 7) is 1.07. The molecule has 0 spiro atoms. The SMILES string of the molecule is COCCn1c(=NC(=O)Cc2ccc3c(c2)OCO3)sc2cc([N+](=O)[O-])ccc21. The number of rotatable bonds is 6. The second kappa shape index (κ2) is 8.02. The van der Waals surface area contributed by atoms with E-state index in [4.69, 9.17) is 14.2 Å². The van der Waals surface area contributed by atoms with Gasteiger partial charge in [0.15, 0.2) is 16.3 Å². The molecular weight excluding hydrogens is 398 g/mol. The highest BCUT2D eigenvalue weighted by molar-refractivity contribution is 7.16. The van der Waals surface area contributed by atoms with E-state index in [1.165, 1.54) is 23.5 Å². The fraction of sp³-hybridized carbons (Fsp3) is 0.263. The molecule has 150 valence electrons. The Morgan fingerprint density at radius 2 is 2.10 bits per heavy atom. The van der Waals surface area contributed by atoms with E-state index in [0.29, 0.717) is 34.2 Å². The molecule has 0 unspecified atom stereocenters. The number of ether oxygens (including phenoxy) is 3. The van der Waals surface area contributed by atoms with E-state index in [0.717, 1.165) is 11.1 Å². The van der Waals surface area contributed by atoms with Crippen molar-refractivity contribution in [1.29, 1.82) is 0 Å². The maximum Gasteiger partial charge on any atom is 0.270 e. The summed E-state index contributed by atoms with van der Waals surface area (Å²) in [4.78, 5) is 27.9. The molecule has 0 saturated heterocycles. The maximum absolute atomic E-state index is 12.6. The lowest BCUT2D eigenvalue weighted by atomic mass is 10.1. The topological polar surface area (TPSA) is 105 Å². The number of carbonyl (C=O) groups excluding carboxylic acids is 1. The minimum Gasteiger partial charge on any atom is -0.454 e. The van der Waals surface area contributed by atoms with Crippen molar-refractivity contribution in [1.82, 2.24) is 4.57 Å². The summed E-state index contributed by atoms with van der Waals surface area (Å²) in [5, 5.41) is 11.1. The monoisotopic (exact) mass is 415 g/mol. The molecule has 0 bridgehead atoms. The van der Waals surface area contributed by atoms with Crippen molar-refractivity contribution < 1.29 is 23.9 Å². The Kier molecular flexibility index (Phi) is 5.28. The van der Waals surface area contributed by atoms with Gasteiger partial charge in [-0.05, 0) is 23.8 Å². The van der Waals surface area contributed by atoms with E-state index >= 15 is 0 Å². The third-order valence-corrected chi connectivity index (χ3v) is 5.45. The number of hydrogen-bond donors (Lipinski definition) is 0. The first kappa shape index (κ1) is 19.1. The number of fused-ring (bicyclic) bond motifs is 2. The predicted molar refractivity (Wildman–Crippen MR) is 105 cm³/mol. The van der Waals surface area contributed by atoms with Crippen LogP contribution in [0.1, 0.15) is 5.56 Å². The molecule has 10 heteroatoms. The predicted octanol–water partition coefficient (Wildman–Crippen LogP) is 2.66. The maximum atomic E-state index is 12.6. The van der Waals surface area contributed by atoms with E-state index in [1.54, 1.807) is 31.4 Å². The Hall–Kier alpha value is -3.24. The van der Waals surface area contributed by atoms with Crippen molar-refractivity contribution in [2.75, 3.05) is 20.5 Å². The van der Waals surface area contributed by atoms with E-state index in [9.17, 15) is 14.9 Å². The molecule has 0 aliphatic carbocycles. The van der Waals surface area contributed by atoms with Crippen molar-refractivity contribution in [3.63, 3.8) is 0 Å². The highest BCUT2D eigenvalue weighted by Gasteiger charge is 2.15. The van der Waals surface area contributed by atoms with Gasteiger partial charge in [0.2, 0.25) is 6.79 Å². The zero-order chi connectivity index (χ0) is 20.4. The lowest BCUT2D eigenvalue weighted by molar-refractivity contribution is -0.384. The number of amides is 1. The summed E-state index contributed by atoms with van der Waals surface area (Å²) in [7, 11) is 1.58. The number of carbonyl (C=O) groups is 1. The van der Waals surface area contributed by atoms with E-state index in [2.05, 4.69) is 4.99 Å². The van der Waals surface area contributed by atoms with Crippen LogP contribution in [0.3, 0.4) is 0 Å². The lowest BCUT2D eigenvalue weighted by Gasteiger charge is -2.04. The third kappa shape index (κ3) is 3.98. The summed E-state index contributed by atoms with van der Waals surface area (Å²) in [6, 6.07) is 9.93. The van der Waals surface area contributed by atoms with Crippen LogP contribution in [0.2, 0.25) is 0 Å². The van der Waals surface area contributed by atoms with Crippen LogP contribution in [0, 0.1) is 10.1 Å². The summed E-state index contributed by atoms with van der Waals surface area (Å²) >= 11 is 1.24. The van der Waals surface area contributed by atoms with Gasteiger partial charge in [-0.15, -0.1) is 0 Å². The Morgan fingerprint density at radius 1 is 1.28 bits per heavy atom. The van der Waals surface area contributed by atoms with E-state index in [-0.39, 0.29) is 24.8 Å². The number of thiazole rings is 1. The minimum absolute atomic E-state index is 0.00382. The molecule has 9 nitrogen and oxygen atoms in total. The van der Waals surface area contributed by atoms with Gasteiger partial charge in [0, 0.05) is 25.8 Å². The molecule has 29 heavy (non-hydrogen) atoms. The molecule has 1 aliphatic heterocycles. The largest absolute Gasteiger partial charge is 0.454 e. The van der Waals surface area contributed by atoms with Crippen LogP contribution in [0.15, 0.2) is 41.4 Å². The fourth-order valence-electron chi connectivity index (χ4n) is 3.03. The molecule has 4 rings (SSSR count). The smallest absolute Gasteiger partial charge is 0.270 e. The molecule has 0 saturated carbocycles. The molecule has 2 heterocycles. The van der Waals surface area contributed by atoms with Crippen LogP contribution in [-0.4, -0.2) is 35.9 Å². The van der Waals surface area contributed by atoms with Gasteiger partial charge in [0.05, 0.1) is 28.2 Å². The number of non-ortho nitro benzene ring substituents is 1. The third-order valence-electron chi connectivity index (χ3n) is 4.41. The van der Waals surface area contributed by atoms with E-state index < -0.39 is 4.92 Å². The van der Waals surface area contributed by atoms with Gasteiger partial charge in [-0.2, -0.15) is 4.99 Å². The van der Waals surface area contributed by atoms with Crippen molar-refractivity contribution in [2.45, 2.75) is 13.0 Å². The molecule has 2 aromatic carbocycles. The van der Waals surface area contributed by atoms with Gasteiger partial charge in [0.25, 0.3) is 11.6 Å². The van der Waals surface area contributed by atoms with Crippen molar-refractivity contribution in [3.8, 4) is 11.5 Å². The van der Waals surface area contributed by atoms with Gasteiger partial charge in [-0.1, -0.05) is 17.4 Å². The zero-order valence-electron chi connectivity index (χ0n) is 15.5. The average Bonchev–Trinajstić information content (AvgIpc) is 3.29. The quantitative estimate of drug-likeness (QED) is 0.453.